The Hall–Kier alpha value is -0.870. The number of nitrogens with one attached hydrogen (secondary N) is 1. The van der Waals surface area contributed by atoms with Crippen molar-refractivity contribution in [2.75, 3.05) is 13.1 Å². The lowest BCUT2D eigenvalue weighted by Gasteiger charge is -2.12. The molecule has 1 rings (SSSR count). The Morgan fingerprint density at radius 2 is 2.29 bits per heavy atom. The summed E-state index contributed by atoms with van der Waals surface area (Å²) in [6.45, 7) is 8.23. The number of hydrogen-bond donors (Lipinski definition) is 1. The molecule has 0 aliphatic carbocycles. The number of aryl methyl sites for hydroxylation is 1. The number of aromatic nitrogens is 2. The number of hydrogen-bond acceptors (Lipinski definition) is 3. The summed E-state index contributed by atoms with van der Waals surface area (Å²) in [7, 11) is 0. The van der Waals surface area contributed by atoms with Crippen LogP contribution in [0.2, 0.25) is 5.02 Å². The first-order chi connectivity index (χ1) is 8.11. The normalized spacial score (nSPS) is 12.7. The van der Waals surface area contributed by atoms with E-state index in [4.69, 9.17) is 11.6 Å². The van der Waals surface area contributed by atoms with Crippen LogP contribution in [0.1, 0.15) is 37.7 Å². The van der Waals surface area contributed by atoms with E-state index in [1.807, 2.05) is 20.8 Å². The molecule has 96 valence electrons. The van der Waals surface area contributed by atoms with Gasteiger partial charge in [0, 0.05) is 19.0 Å². The van der Waals surface area contributed by atoms with Crippen LogP contribution in [-0.2, 0) is 6.54 Å². The highest BCUT2D eigenvalue weighted by molar-refractivity contribution is 6.33. The Balaban J connectivity index is 2.83. The minimum Gasteiger partial charge on any atom is -0.316 e. The average Bonchev–Trinajstić information content (AvgIpc) is 2.67. The molecule has 0 spiro atoms. The first-order valence-electron chi connectivity index (χ1n) is 6.08. The highest BCUT2D eigenvalue weighted by atomic mass is 35.5. The molecule has 17 heavy (non-hydrogen) atoms. The van der Waals surface area contributed by atoms with E-state index in [0.29, 0.717) is 17.3 Å². The number of nitrogens with zero attached hydrogens (tertiary/aromatic N) is 2. The molecule has 1 atom stereocenters. The van der Waals surface area contributed by atoms with Crippen LogP contribution in [0.25, 0.3) is 0 Å². The summed E-state index contributed by atoms with van der Waals surface area (Å²) in [4.78, 5) is 12.2. The molecule has 5 heteroatoms. The summed E-state index contributed by atoms with van der Waals surface area (Å²) in [5.41, 5.74) is 0.541. The molecule has 0 fully saturated rings. The molecule has 0 aromatic carbocycles. The van der Waals surface area contributed by atoms with E-state index >= 15 is 0 Å². The second-order valence-corrected chi connectivity index (χ2v) is 4.54. The summed E-state index contributed by atoms with van der Waals surface area (Å²) >= 11 is 6.03. The van der Waals surface area contributed by atoms with Gasteiger partial charge in [0.2, 0.25) is 0 Å². The largest absolute Gasteiger partial charge is 0.316 e. The van der Waals surface area contributed by atoms with Gasteiger partial charge in [0.1, 0.15) is 5.69 Å². The van der Waals surface area contributed by atoms with Gasteiger partial charge in [0.25, 0.3) is 0 Å². The molecular weight excluding hydrogens is 238 g/mol. The van der Waals surface area contributed by atoms with Crippen LogP contribution in [0.15, 0.2) is 6.20 Å². The minimum atomic E-state index is -0.0836. The van der Waals surface area contributed by atoms with Gasteiger partial charge in [-0.25, -0.2) is 0 Å². The molecular formula is C12H20ClN3O. The molecule has 0 radical (unpaired) electrons. The molecule has 1 aromatic rings. The second-order valence-electron chi connectivity index (χ2n) is 4.14. The fourth-order valence-corrected chi connectivity index (χ4v) is 1.91. The molecule has 1 heterocycles. The first kappa shape index (κ1) is 14.2. The van der Waals surface area contributed by atoms with Gasteiger partial charge in [-0.05, 0) is 13.0 Å². The van der Waals surface area contributed by atoms with Gasteiger partial charge in [-0.1, -0.05) is 32.4 Å². The standard InChI is InChI=1S/C12H20ClN3O/c1-4-6-16-11(10(13)8-15-16)12(17)9(3)7-14-5-2/h8-9,14H,4-7H2,1-3H3. The van der Waals surface area contributed by atoms with Gasteiger partial charge in [0.15, 0.2) is 5.78 Å². The number of rotatable bonds is 7. The summed E-state index contributed by atoms with van der Waals surface area (Å²) in [6.07, 6.45) is 2.48. The van der Waals surface area contributed by atoms with Crippen molar-refractivity contribution in [2.45, 2.75) is 33.7 Å². The van der Waals surface area contributed by atoms with E-state index in [-0.39, 0.29) is 11.7 Å². The maximum atomic E-state index is 12.2. The zero-order valence-corrected chi connectivity index (χ0v) is 11.4. The molecule has 0 saturated carbocycles. The predicted octanol–water partition coefficient (Wildman–Crippen LogP) is 2.37. The van der Waals surface area contributed by atoms with Crippen molar-refractivity contribution < 1.29 is 4.79 Å². The lowest BCUT2D eigenvalue weighted by Crippen LogP contribution is -2.28. The molecule has 4 nitrogen and oxygen atoms in total. The lowest BCUT2D eigenvalue weighted by molar-refractivity contribution is 0.0918. The maximum absolute atomic E-state index is 12.2. The van der Waals surface area contributed by atoms with Crippen LogP contribution in [0.5, 0.6) is 0 Å². The quantitative estimate of drug-likeness (QED) is 0.763. The van der Waals surface area contributed by atoms with Crippen LogP contribution < -0.4 is 5.32 Å². The van der Waals surface area contributed by atoms with Crippen molar-refractivity contribution in [3.63, 3.8) is 0 Å². The number of carbonyl (C=O) groups is 1. The van der Waals surface area contributed by atoms with Crippen LogP contribution in [-0.4, -0.2) is 28.7 Å². The van der Waals surface area contributed by atoms with Gasteiger partial charge in [0.05, 0.1) is 11.2 Å². The fourth-order valence-electron chi connectivity index (χ4n) is 1.68. The van der Waals surface area contributed by atoms with E-state index in [1.54, 1.807) is 10.9 Å². The van der Waals surface area contributed by atoms with Crippen molar-refractivity contribution in [3.05, 3.63) is 16.9 Å². The van der Waals surface area contributed by atoms with Crippen molar-refractivity contribution in [3.8, 4) is 0 Å². The summed E-state index contributed by atoms with van der Waals surface area (Å²) in [6, 6.07) is 0. The Morgan fingerprint density at radius 3 is 2.88 bits per heavy atom. The monoisotopic (exact) mass is 257 g/mol. The third-order valence-electron chi connectivity index (χ3n) is 2.61. The topological polar surface area (TPSA) is 46.9 Å². The number of halogens is 1. The summed E-state index contributed by atoms with van der Waals surface area (Å²) < 4.78 is 1.70. The molecule has 1 N–H and O–H groups in total. The molecule has 0 aliphatic rings. The lowest BCUT2D eigenvalue weighted by atomic mass is 10.0. The van der Waals surface area contributed by atoms with Crippen molar-refractivity contribution >= 4 is 17.4 Å². The highest BCUT2D eigenvalue weighted by Crippen LogP contribution is 2.19. The number of ketones is 1. The van der Waals surface area contributed by atoms with Gasteiger partial charge in [-0.2, -0.15) is 5.10 Å². The third kappa shape index (κ3) is 3.54. The molecule has 1 aromatic heterocycles. The van der Waals surface area contributed by atoms with E-state index in [9.17, 15) is 4.79 Å². The summed E-state index contributed by atoms with van der Waals surface area (Å²) in [5, 5.41) is 7.75. The van der Waals surface area contributed by atoms with E-state index in [0.717, 1.165) is 19.5 Å². The van der Waals surface area contributed by atoms with Crippen LogP contribution >= 0.6 is 11.6 Å². The van der Waals surface area contributed by atoms with E-state index < -0.39 is 0 Å². The van der Waals surface area contributed by atoms with Gasteiger partial charge >= 0.3 is 0 Å². The van der Waals surface area contributed by atoms with Crippen molar-refractivity contribution in [1.82, 2.24) is 15.1 Å². The smallest absolute Gasteiger partial charge is 0.186 e. The van der Waals surface area contributed by atoms with Crippen molar-refractivity contribution in [2.24, 2.45) is 5.92 Å². The number of Topliss-reactive ketones (excluding diaryl/α,β-unsaturated/α-hetero) is 1. The maximum Gasteiger partial charge on any atom is 0.186 e. The molecule has 0 aliphatic heterocycles. The zero-order valence-electron chi connectivity index (χ0n) is 10.7. The van der Waals surface area contributed by atoms with E-state index in [2.05, 4.69) is 10.4 Å². The zero-order chi connectivity index (χ0) is 12.8. The SMILES string of the molecule is CCCn1ncc(Cl)c1C(=O)C(C)CNCC. The minimum absolute atomic E-state index is 0.0573. The highest BCUT2D eigenvalue weighted by Gasteiger charge is 2.22. The molecule has 0 saturated heterocycles. The first-order valence-corrected chi connectivity index (χ1v) is 6.45. The Kier molecular flexibility index (Phi) is 5.65. The Labute approximate surface area is 107 Å². The van der Waals surface area contributed by atoms with Crippen molar-refractivity contribution in [1.29, 1.82) is 0 Å². The van der Waals surface area contributed by atoms with Crippen LogP contribution in [0.3, 0.4) is 0 Å². The molecule has 1 unspecified atom stereocenters. The molecule has 0 amide bonds. The van der Waals surface area contributed by atoms with Gasteiger partial charge in [-0.3, -0.25) is 9.48 Å². The van der Waals surface area contributed by atoms with Gasteiger partial charge in [-0.15, -0.1) is 0 Å². The Morgan fingerprint density at radius 1 is 1.59 bits per heavy atom. The second kappa shape index (κ2) is 6.77. The fraction of sp³-hybridized carbons (Fsp3) is 0.667. The predicted molar refractivity (Wildman–Crippen MR) is 69.6 cm³/mol. The average molecular weight is 258 g/mol. The van der Waals surface area contributed by atoms with Crippen LogP contribution in [0, 0.1) is 5.92 Å². The molecule has 0 bridgehead atoms. The third-order valence-corrected chi connectivity index (χ3v) is 2.89. The van der Waals surface area contributed by atoms with Crippen LogP contribution in [0.4, 0.5) is 0 Å². The van der Waals surface area contributed by atoms with E-state index in [1.165, 1.54) is 0 Å². The van der Waals surface area contributed by atoms with Gasteiger partial charge < -0.3 is 5.32 Å². The summed E-state index contributed by atoms with van der Waals surface area (Å²) in [5.74, 6) is -0.0262. The Bertz CT molecular complexity index is 376. The number of carbonyl (C=O) groups excluding carboxylic acids is 1.